The fourth-order valence-corrected chi connectivity index (χ4v) is 2.25. The minimum absolute atomic E-state index is 0.0821. The quantitative estimate of drug-likeness (QED) is 0.626. The number of nitrogens with zero attached hydrogens (tertiary/aromatic N) is 1. The molecule has 6 nitrogen and oxygen atoms in total. The van der Waals surface area contributed by atoms with Crippen LogP contribution in [0.25, 0.3) is 0 Å². The van der Waals surface area contributed by atoms with Crippen LogP contribution in [0.1, 0.15) is 25.7 Å². The van der Waals surface area contributed by atoms with Crippen LogP contribution in [0.2, 0.25) is 0 Å². The number of hydrogen-bond acceptors (Lipinski definition) is 4. The molecule has 0 unspecified atom stereocenters. The maximum absolute atomic E-state index is 11.9. The van der Waals surface area contributed by atoms with Gasteiger partial charge in [-0.15, -0.1) is 0 Å². The Morgan fingerprint density at radius 3 is 2.58 bits per heavy atom. The van der Waals surface area contributed by atoms with E-state index in [2.05, 4.69) is 10.6 Å². The van der Waals surface area contributed by atoms with Gasteiger partial charge < -0.3 is 20.3 Å². The molecule has 0 aliphatic carbocycles. The van der Waals surface area contributed by atoms with Gasteiger partial charge in [-0.1, -0.05) is 0 Å². The van der Waals surface area contributed by atoms with E-state index in [0.29, 0.717) is 6.42 Å². The first kappa shape index (κ1) is 15.9. The Morgan fingerprint density at radius 1 is 1.32 bits per heavy atom. The largest absolute Gasteiger partial charge is 0.375 e. The molecule has 1 heterocycles. The molecular formula is C13H25N3O3. The van der Waals surface area contributed by atoms with Crippen molar-refractivity contribution in [3.05, 3.63) is 0 Å². The lowest BCUT2D eigenvalue weighted by Gasteiger charge is -2.32. The van der Waals surface area contributed by atoms with Crippen molar-refractivity contribution in [2.45, 2.75) is 31.7 Å². The monoisotopic (exact) mass is 271 g/mol. The number of amides is 2. The molecule has 0 atom stereocenters. The first-order chi connectivity index (χ1) is 9.17. The zero-order valence-electron chi connectivity index (χ0n) is 11.9. The standard InChI is InChI=1S/C13H25N3O3/c1-14-7-3-4-13(18)16-8-5-11(6-9-16)15-12(17)10-19-2/h11,14H,3-10H2,1-2H3,(H,15,17). The predicted molar refractivity (Wildman–Crippen MR) is 72.8 cm³/mol. The Bertz CT molecular complexity index is 289. The third kappa shape index (κ3) is 6.02. The van der Waals surface area contributed by atoms with Gasteiger partial charge in [0.25, 0.3) is 0 Å². The van der Waals surface area contributed by atoms with Crippen molar-refractivity contribution in [2.24, 2.45) is 0 Å². The van der Waals surface area contributed by atoms with E-state index in [-0.39, 0.29) is 24.5 Å². The van der Waals surface area contributed by atoms with Crippen LogP contribution < -0.4 is 10.6 Å². The molecule has 0 saturated carbocycles. The summed E-state index contributed by atoms with van der Waals surface area (Å²) in [6.45, 7) is 2.44. The summed E-state index contributed by atoms with van der Waals surface area (Å²) in [5.41, 5.74) is 0. The number of piperidine rings is 1. The van der Waals surface area contributed by atoms with E-state index < -0.39 is 0 Å². The van der Waals surface area contributed by atoms with Gasteiger partial charge in [0.15, 0.2) is 0 Å². The summed E-state index contributed by atoms with van der Waals surface area (Å²) in [6, 6.07) is 0.170. The van der Waals surface area contributed by atoms with Gasteiger partial charge in [0.05, 0.1) is 0 Å². The number of methoxy groups -OCH3 is 1. The van der Waals surface area contributed by atoms with Crippen LogP contribution in [0, 0.1) is 0 Å². The Labute approximate surface area is 114 Å². The van der Waals surface area contributed by atoms with Crippen LogP contribution in [-0.2, 0) is 14.3 Å². The highest BCUT2D eigenvalue weighted by molar-refractivity contribution is 5.78. The third-order valence-electron chi connectivity index (χ3n) is 3.31. The van der Waals surface area contributed by atoms with E-state index in [0.717, 1.165) is 38.9 Å². The van der Waals surface area contributed by atoms with E-state index in [1.165, 1.54) is 7.11 Å². The second-order valence-electron chi connectivity index (χ2n) is 4.86. The van der Waals surface area contributed by atoms with Gasteiger partial charge in [0.1, 0.15) is 6.61 Å². The highest BCUT2D eigenvalue weighted by Crippen LogP contribution is 2.12. The molecule has 0 radical (unpaired) electrons. The average Bonchev–Trinajstić information content (AvgIpc) is 2.40. The average molecular weight is 271 g/mol. The van der Waals surface area contributed by atoms with Crippen LogP contribution in [0.5, 0.6) is 0 Å². The van der Waals surface area contributed by atoms with Crippen LogP contribution in [0.3, 0.4) is 0 Å². The van der Waals surface area contributed by atoms with Crippen LogP contribution in [0.4, 0.5) is 0 Å². The number of carbonyl (C=O) groups excluding carboxylic acids is 2. The van der Waals surface area contributed by atoms with E-state index in [4.69, 9.17) is 4.74 Å². The lowest BCUT2D eigenvalue weighted by Crippen LogP contribution is -2.47. The maximum Gasteiger partial charge on any atom is 0.246 e. The van der Waals surface area contributed by atoms with Crippen molar-refractivity contribution >= 4 is 11.8 Å². The second kappa shape index (κ2) is 8.87. The van der Waals surface area contributed by atoms with Crippen LogP contribution >= 0.6 is 0 Å². The molecule has 1 aliphatic heterocycles. The molecule has 1 saturated heterocycles. The van der Waals surface area contributed by atoms with Gasteiger partial charge in [-0.3, -0.25) is 9.59 Å². The molecule has 110 valence electrons. The summed E-state index contributed by atoms with van der Waals surface area (Å²) in [5.74, 6) is 0.137. The maximum atomic E-state index is 11.9. The summed E-state index contributed by atoms with van der Waals surface area (Å²) >= 11 is 0. The van der Waals surface area contributed by atoms with Crippen molar-refractivity contribution in [3.63, 3.8) is 0 Å². The molecule has 0 aromatic carbocycles. The van der Waals surface area contributed by atoms with Crippen molar-refractivity contribution in [1.82, 2.24) is 15.5 Å². The molecule has 0 aromatic heterocycles. The summed E-state index contributed by atoms with van der Waals surface area (Å²) in [7, 11) is 3.39. The number of hydrogen-bond donors (Lipinski definition) is 2. The highest BCUT2D eigenvalue weighted by atomic mass is 16.5. The number of likely N-dealkylation sites (tertiary alicyclic amines) is 1. The van der Waals surface area contributed by atoms with Crippen molar-refractivity contribution < 1.29 is 14.3 Å². The van der Waals surface area contributed by atoms with E-state index in [1.807, 2.05) is 11.9 Å². The third-order valence-corrected chi connectivity index (χ3v) is 3.31. The van der Waals surface area contributed by atoms with Gasteiger partial charge in [-0.05, 0) is 32.9 Å². The Balaban J connectivity index is 2.21. The van der Waals surface area contributed by atoms with Gasteiger partial charge in [0, 0.05) is 32.7 Å². The minimum atomic E-state index is -0.0821. The minimum Gasteiger partial charge on any atom is -0.375 e. The second-order valence-corrected chi connectivity index (χ2v) is 4.86. The number of rotatable bonds is 7. The highest BCUT2D eigenvalue weighted by Gasteiger charge is 2.23. The molecule has 2 N–H and O–H groups in total. The lowest BCUT2D eigenvalue weighted by molar-refractivity contribution is -0.132. The van der Waals surface area contributed by atoms with Crippen molar-refractivity contribution in [2.75, 3.05) is 40.4 Å². The predicted octanol–water partition coefficient (Wildman–Crippen LogP) is -0.260. The summed E-state index contributed by atoms with van der Waals surface area (Å²) in [5, 5.41) is 5.96. The van der Waals surface area contributed by atoms with Crippen molar-refractivity contribution in [3.8, 4) is 0 Å². The Morgan fingerprint density at radius 2 is 2.00 bits per heavy atom. The molecule has 0 bridgehead atoms. The van der Waals surface area contributed by atoms with E-state index in [9.17, 15) is 9.59 Å². The smallest absolute Gasteiger partial charge is 0.246 e. The van der Waals surface area contributed by atoms with Gasteiger partial charge in [-0.2, -0.15) is 0 Å². The lowest BCUT2D eigenvalue weighted by atomic mass is 10.0. The zero-order valence-corrected chi connectivity index (χ0v) is 11.9. The first-order valence-corrected chi connectivity index (χ1v) is 6.88. The molecule has 0 aromatic rings. The molecule has 1 rings (SSSR count). The molecular weight excluding hydrogens is 246 g/mol. The molecule has 0 spiro atoms. The van der Waals surface area contributed by atoms with E-state index in [1.54, 1.807) is 0 Å². The number of nitrogens with one attached hydrogen (secondary N) is 2. The van der Waals surface area contributed by atoms with E-state index >= 15 is 0 Å². The Hall–Kier alpha value is -1.14. The fourth-order valence-electron chi connectivity index (χ4n) is 2.25. The first-order valence-electron chi connectivity index (χ1n) is 6.88. The number of carbonyl (C=O) groups is 2. The molecule has 19 heavy (non-hydrogen) atoms. The van der Waals surface area contributed by atoms with Gasteiger partial charge >= 0.3 is 0 Å². The van der Waals surface area contributed by atoms with Crippen LogP contribution in [0.15, 0.2) is 0 Å². The van der Waals surface area contributed by atoms with Crippen molar-refractivity contribution in [1.29, 1.82) is 0 Å². The van der Waals surface area contributed by atoms with Gasteiger partial charge in [-0.25, -0.2) is 0 Å². The molecule has 1 fully saturated rings. The summed E-state index contributed by atoms with van der Waals surface area (Å²) in [4.78, 5) is 25.2. The molecule has 1 aliphatic rings. The summed E-state index contributed by atoms with van der Waals surface area (Å²) in [6.07, 6.45) is 3.13. The van der Waals surface area contributed by atoms with Crippen LogP contribution in [-0.4, -0.2) is 63.2 Å². The Kier molecular flexibility index (Phi) is 7.43. The fraction of sp³-hybridized carbons (Fsp3) is 0.846. The molecule has 2 amide bonds. The summed E-state index contributed by atoms with van der Waals surface area (Å²) < 4.78 is 4.78. The molecule has 6 heteroatoms. The topological polar surface area (TPSA) is 70.7 Å². The zero-order chi connectivity index (χ0) is 14.1. The SMILES string of the molecule is CNCCCC(=O)N1CCC(NC(=O)COC)CC1. The normalized spacial score (nSPS) is 16.4. The number of ether oxygens (including phenoxy) is 1. The van der Waals surface area contributed by atoms with Gasteiger partial charge in [0.2, 0.25) is 11.8 Å².